The minimum Gasteiger partial charge on any atom is -0.488 e. The number of halogens is 2. The van der Waals surface area contributed by atoms with Gasteiger partial charge >= 0.3 is 0 Å². The van der Waals surface area contributed by atoms with Crippen LogP contribution in [0.2, 0.25) is 5.02 Å². The Hall–Kier alpha value is -2.88. The standard InChI is InChI=1S/C26H23ClFNO/c1-18(19-8-3-2-4-9-19)29-16-22-21-11-6-5-10-20(21)14-15-26(22)30-17-23-24(27)12-7-13-25(23)28/h2-15,18,29H,16-17H2,1H3. The molecule has 0 spiro atoms. The summed E-state index contributed by atoms with van der Waals surface area (Å²) in [7, 11) is 0. The fourth-order valence-electron chi connectivity index (χ4n) is 3.57. The molecule has 0 amide bonds. The fourth-order valence-corrected chi connectivity index (χ4v) is 3.79. The molecule has 1 unspecified atom stereocenters. The lowest BCUT2D eigenvalue weighted by atomic mass is 10.0. The summed E-state index contributed by atoms with van der Waals surface area (Å²) in [5, 5.41) is 6.21. The molecule has 0 fully saturated rings. The highest BCUT2D eigenvalue weighted by Gasteiger charge is 2.13. The number of fused-ring (bicyclic) bond motifs is 1. The second kappa shape index (κ2) is 9.29. The molecule has 4 aromatic rings. The van der Waals surface area contributed by atoms with Crippen LogP contribution in [0.1, 0.15) is 29.7 Å². The lowest BCUT2D eigenvalue weighted by molar-refractivity contribution is 0.296. The van der Waals surface area contributed by atoms with E-state index in [0.29, 0.717) is 17.1 Å². The summed E-state index contributed by atoms with van der Waals surface area (Å²) < 4.78 is 20.2. The molecule has 4 aromatic carbocycles. The highest BCUT2D eigenvalue weighted by Crippen LogP contribution is 2.30. The number of ether oxygens (including phenoxy) is 1. The van der Waals surface area contributed by atoms with E-state index in [1.54, 1.807) is 12.1 Å². The van der Waals surface area contributed by atoms with E-state index in [1.165, 1.54) is 11.6 Å². The zero-order valence-corrected chi connectivity index (χ0v) is 17.5. The Bertz CT molecular complexity index is 1130. The Kier molecular flexibility index (Phi) is 6.32. The van der Waals surface area contributed by atoms with E-state index in [4.69, 9.17) is 16.3 Å². The topological polar surface area (TPSA) is 21.3 Å². The van der Waals surface area contributed by atoms with Crippen molar-refractivity contribution in [2.24, 2.45) is 0 Å². The Morgan fingerprint density at radius 3 is 2.43 bits per heavy atom. The minimum atomic E-state index is -0.360. The first-order valence-electron chi connectivity index (χ1n) is 9.98. The molecule has 0 heterocycles. The van der Waals surface area contributed by atoms with E-state index in [0.717, 1.165) is 22.1 Å². The Morgan fingerprint density at radius 1 is 0.867 bits per heavy atom. The smallest absolute Gasteiger partial charge is 0.131 e. The maximum absolute atomic E-state index is 14.2. The van der Waals surface area contributed by atoms with Gasteiger partial charge in [0.25, 0.3) is 0 Å². The number of nitrogens with one attached hydrogen (secondary N) is 1. The quantitative estimate of drug-likeness (QED) is 0.346. The summed E-state index contributed by atoms with van der Waals surface area (Å²) in [5.41, 5.74) is 2.63. The van der Waals surface area contributed by atoms with Crippen molar-refractivity contribution in [3.63, 3.8) is 0 Å². The number of benzene rings is 4. The first kappa shape index (κ1) is 20.4. The van der Waals surface area contributed by atoms with Crippen LogP contribution in [0.4, 0.5) is 4.39 Å². The van der Waals surface area contributed by atoms with Crippen LogP contribution in [-0.4, -0.2) is 0 Å². The Labute approximate surface area is 181 Å². The van der Waals surface area contributed by atoms with Crippen molar-refractivity contribution in [2.75, 3.05) is 0 Å². The maximum atomic E-state index is 14.2. The van der Waals surface area contributed by atoms with Gasteiger partial charge in [-0.15, -0.1) is 0 Å². The van der Waals surface area contributed by atoms with Gasteiger partial charge in [0.2, 0.25) is 0 Å². The van der Waals surface area contributed by atoms with Gasteiger partial charge in [0.05, 0.1) is 5.02 Å². The van der Waals surface area contributed by atoms with Crippen LogP contribution >= 0.6 is 11.6 Å². The van der Waals surface area contributed by atoms with Crippen molar-refractivity contribution in [1.29, 1.82) is 0 Å². The van der Waals surface area contributed by atoms with Crippen molar-refractivity contribution in [1.82, 2.24) is 5.32 Å². The van der Waals surface area contributed by atoms with Crippen LogP contribution in [0, 0.1) is 5.82 Å². The van der Waals surface area contributed by atoms with Crippen LogP contribution in [0.5, 0.6) is 5.75 Å². The minimum absolute atomic E-state index is 0.0745. The van der Waals surface area contributed by atoms with Crippen LogP contribution in [0.3, 0.4) is 0 Å². The van der Waals surface area contributed by atoms with Crippen LogP contribution in [0.15, 0.2) is 84.9 Å². The Morgan fingerprint density at radius 2 is 1.63 bits per heavy atom. The maximum Gasteiger partial charge on any atom is 0.131 e. The molecular formula is C26H23ClFNO. The van der Waals surface area contributed by atoms with Gasteiger partial charge in [-0.25, -0.2) is 4.39 Å². The highest BCUT2D eigenvalue weighted by molar-refractivity contribution is 6.31. The summed E-state index contributed by atoms with van der Waals surface area (Å²) >= 11 is 6.17. The van der Waals surface area contributed by atoms with E-state index in [-0.39, 0.29) is 18.5 Å². The summed E-state index contributed by atoms with van der Waals surface area (Å²) in [5.74, 6) is 0.362. The molecule has 4 rings (SSSR count). The molecule has 1 N–H and O–H groups in total. The molecule has 0 radical (unpaired) electrons. The summed E-state index contributed by atoms with van der Waals surface area (Å²) in [6.45, 7) is 2.84. The third kappa shape index (κ3) is 4.48. The number of rotatable bonds is 7. The summed E-state index contributed by atoms with van der Waals surface area (Å²) in [6, 6.07) is 27.3. The largest absolute Gasteiger partial charge is 0.488 e. The third-order valence-electron chi connectivity index (χ3n) is 5.32. The summed E-state index contributed by atoms with van der Waals surface area (Å²) in [6.07, 6.45) is 0. The van der Waals surface area contributed by atoms with Gasteiger partial charge in [-0.1, -0.05) is 78.3 Å². The van der Waals surface area contributed by atoms with E-state index in [1.807, 2.05) is 42.5 Å². The van der Waals surface area contributed by atoms with Gasteiger partial charge in [-0.05, 0) is 41.5 Å². The van der Waals surface area contributed by atoms with Crippen molar-refractivity contribution >= 4 is 22.4 Å². The van der Waals surface area contributed by atoms with Crippen molar-refractivity contribution in [3.8, 4) is 5.75 Å². The van der Waals surface area contributed by atoms with Crippen molar-refractivity contribution < 1.29 is 9.13 Å². The van der Waals surface area contributed by atoms with Crippen LogP contribution in [0.25, 0.3) is 10.8 Å². The van der Waals surface area contributed by atoms with E-state index in [9.17, 15) is 4.39 Å². The van der Waals surface area contributed by atoms with Crippen LogP contribution < -0.4 is 10.1 Å². The Balaban J connectivity index is 1.61. The van der Waals surface area contributed by atoms with Gasteiger partial charge in [0.1, 0.15) is 18.2 Å². The summed E-state index contributed by atoms with van der Waals surface area (Å²) in [4.78, 5) is 0. The third-order valence-corrected chi connectivity index (χ3v) is 5.67. The molecule has 30 heavy (non-hydrogen) atoms. The first-order chi connectivity index (χ1) is 14.6. The second-order valence-electron chi connectivity index (χ2n) is 7.27. The molecule has 1 atom stereocenters. The van der Waals surface area contributed by atoms with E-state index >= 15 is 0 Å². The SMILES string of the molecule is CC(NCc1c(OCc2c(F)cccc2Cl)ccc2ccccc12)c1ccccc1. The van der Waals surface area contributed by atoms with Crippen LogP contribution in [-0.2, 0) is 13.2 Å². The molecule has 0 aliphatic rings. The lowest BCUT2D eigenvalue weighted by Crippen LogP contribution is -2.19. The first-order valence-corrected chi connectivity index (χ1v) is 10.4. The molecule has 4 heteroatoms. The molecule has 0 aromatic heterocycles. The van der Waals surface area contributed by atoms with Gasteiger partial charge < -0.3 is 10.1 Å². The molecule has 0 saturated carbocycles. The highest BCUT2D eigenvalue weighted by atomic mass is 35.5. The van der Waals surface area contributed by atoms with Crippen molar-refractivity contribution in [3.05, 3.63) is 112 Å². The molecule has 2 nitrogen and oxygen atoms in total. The van der Waals surface area contributed by atoms with Gasteiger partial charge in [-0.3, -0.25) is 0 Å². The number of hydrogen-bond donors (Lipinski definition) is 1. The average molecular weight is 420 g/mol. The van der Waals surface area contributed by atoms with E-state index < -0.39 is 0 Å². The second-order valence-corrected chi connectivity index (χ2v) is 7.67. The predicted octanol–water partition coefficient (Wildman–Crippen LogP) is 7.06. The molecule has 152 valence electrons. The molecule has 0 aliphatic carbocycles. The van der Waals surface area contributed by atoms with Gasteiger partial charge in [-0.2, -0.15) is 0 Å². The lowest BCUT2D eigenvalue weighted by Gasteiger charge is -2.19. The predicted molar refractivity (Wildman–Crippen MR) is 121 cm³/mol. The fraction of sp³-hybridized carbons (Fsp3) is 0.154. The molecule has 0 saturated heterocycles. The van der Waals surface area contributed by atoms with E-state index in [2.05, 4.69) is 36.5 Å². The molecule has 0 aliphatic heterocycles. The zero-order valence-electron chi connectivity index (χ0n) is 16.7. The van der Waals surface area contributed by atoms with Gasteiger partial charge in [0, 0.05) is 23.7 Å². The average Bonchev–Trinajstić information content (AvgIpc) is 2.78. The number of hydrogen-bond acceptors (Lipinski definition) is 2. The van der Waals surface area contributed by atoms with Gasteiger partial charge in [0.15, 0.2) is 0 Å². The normalized spacial score (nSPS) is 12.1. The van der Waals surface area contributed by atoms with Crippen molar-refractivity contribution in [2.45, 2.75) is 26.1 Å². The molecular weight excluding hydrogens is 397 g/mol. The zero-order chi connectivity index (χ0) is 20.9. The molecule has 0 bridgehead atoms. The monoisotopic (exact) mass is 419 g/mol.